The number of nitrogens with zero attached hydrogens (tertiary/aromatic N) is 2. The van der Waals surface area contributed by atoms with Crippen molar-refractivity contribution in [3.8, 4) is 5.75 Å². The molecule has 1 saturated heterocycles. The average Bonchev–Trinajstić information content (AvgIpc) is 2.48. The molecule has 21 heavy (non-hydrogen) atoms. The lowest BCUT2D eigenvalue weighted by atomic mass is 10.1. The van der Waals surface area contributed by atoms with Crippen LogP contribution in [0.15, 0.2) is 24.3 Å². The average molecular weight is 313 g/mol. The Morgan fingerprint density at radius 3 is 2.67 bits per heavy atom. The number of piperidine rings is 1. The number of hydrogen-bond donors (Lipinski definition) is 1. The van der Waals surface area contributed by atoms with E-state index in [0.29, 0.717) is 32.5 Å². The molecule has 0 bridgehead atoms. The lowest BCUT2D eigenvalue weighted by Crippen LogP contribution is -2.47. The number of rotatable bonds is 5. The van der Waals surface area contributed by atoms with Crippen molar-refractivity contribution in [2.24, 2.45) is 5.73 Å². The maximum Gasteiger partial charge on any atom is 0.282 e. The van der Waals surface area contributed by atoms with Crippen LogP contribution in [0.4, 0.5) is 0 Å². The van der Waals surface area contributed by atoms with E-state index in [2.05, 4.69) is 0 Å². The second kappa shape index (κ2) is 6.74. The number of ether oxygens (including phenoxy) is 1. The standard InChI is InChI=1S/C14H23N3O3S/c1-16(11-12-4-3-5-14(10-12)20-2)21(18,19)17-8-6-13(15)7-9-17/h3-5,10,13H,6-9,11,15H2,1-2H3. The van der Waals surface area contributed by atoms with E-state index in [1.165, 1.54) is 8.61 Å². The van der Waals surface area contributed by atoms with E-state index in [0.717, 1.165) is 11.3 Å². The zero-order valence-electron chi connectivity index (χ0n) is 12.5. The van der Waals surface area contributed by atoms with Gasteiger partial charge in [-0.15, -0.1) is 0 Å². The van der Waals surface area contributed by atoms with Gasteiger partial charge in [0.25, 0.3) is 10.2 Å². The van der Waals surface area contributed by atoms with Gasteiger partial charge >= 0.3 is 0 Å². The number of methoxy groups -OCH3 is 1. The van der Waals surface area contributed by atoms with Crippen molar-refractivity contribution >= 4 is 10.2 Å². The molecule has 0 radical (unpaired) electrons. The molecule has 2 rings (SSSR count). The van der Waals surface area contributed by atoms with Crippen LogP contribution in [0.2, 0.25) is 0 Å². The molecule has 1 aliphatic rings. The quantitative estimate of drug-likeness (QED) is 0.872. The summed E-state index contributed by atoms with van der Waals surface area (Å²) in [7, 11) is -0.239. The molecule has 0 aliphatic carbocycles. The molecule has 0 atom stereocenters. The summed E-state index contributed by atoms with van der Waals surface area (Å²) < 4.78 is 33.1. The zero-order valence-corrected chi connectivity index (χ0v) is 13.3. The monoisotopic (exact) mass is 313 g/mol. The van der Waals surface area contributed by atoms with E-state index in [-0.39, 0.29) is 6.04 Å². The molecule has 1 aromatic rings. The molecule has 0 unspecified atom stereocenters. The molecule has 1 fully saturated rings. The predicted molar refractivity (Wildman–Crippen MR) is 82.2 cm³/mol. The Kier molecular flexibility index (Phi) is 5.21. The Morgan fingerprint density at radius 1 is 1.38 bits per heavy atom. The summed E-state index contributed by atoms with van der Waals surface area (Å²) in [6.45, 7) is 1.31. The molecule has 7 heteroatoms. The first kappa shape index (κ1) is 16.2. The molecule has 118 valence electrons. The highest BCUT2D eigenvalue weighted by molar-refractivity contribution is 7.86. The molecule has 1 aliphatic heterocycles. The molecular weight excluding hydrogens is 290 g/mol. The summed E-state index contributed by atoms with van der Waals surface area (Å²) in [5.41, 5.74) is 6.72. The van der Waals surface area contributed by atoms with Gasteiger partial charge in [0, 0.05) is 32.7 Å². The van der Waals surface area contributed by atoms with Gasteiger partial charge < -0.3 is 10.5 Å². The second-order valence-corrected chi connectivity index (χ2v) is 7.39. The van der Waals surface area contributed by atoms with Gasteiger partial charge in [0.1, 0.15) is 5.75 Å². The van der Waals surface area contributed by atoms with Crippen molar-refractivity contribution in [3.05, 3.63) is 29.8 Å². The van der Waals surface area contributed by atoms with Crippen molar-refractivity contribution in [1.29, 1.82) is 0 Å². The maximum absolute atomic E-state index is 12.5. The van der Waals surface area contributed by atoms with Crippen LogP contribution in [0.25, 0.3) is 0 Å². The van der Waals surface area contributed by atoms with Gasteiger partial charge in [-0.2, -0.15) is 17.0 Å². The normalized spacial score (nSPS) is 18.1. The summed E-state index contributed by atoms with van der Waals surface area (Å²) in [6.07, 6.45) is 1.43. The maximum atomic E-state index is 12.5. The smallest absolute Gasteiger partial charge is 0.282 e. The Labute approximate surface area is 126 Å². The Bertz CT molecular complexity index is 569. The van der Waals surface area contributed by atoms with E-state index in [4.69, 9.17) is 10.5 Å². The van der Waals surface area contributed by atoms with Crippen LogP contribution in [-0.4, -0.2) is 50.3 Å². The molecule has 1 aromatic carbocycles. The molecule has 6 nitrogen and oxygen atoms in total. The van der Waals surface area contributed by atoms with Crippen molar-refractivity contribution in [3.63, 3.8) is 0 Å². The Morgan fingerprint density at radius 2 is 2.05 bits per heavy atom. The van der Waals surface area contributed by atoms with Crippen molar-refractivity contribution in [1.82, 2.24) is 8.61 Å². The summed E-state index contributed by atoms with van der Waals surface area (Å²) in [6, 6.07) is 7.54. The fourth-order valence-corrected chi connectivity index (χ4v) is 3.79. The fourth-order valence-electron chi connectivity index (χ4n) is 2.41. The summed E-state index contributed by atoms with van der Waals surface area (Å²) in [5.74, 6) is 0.724. The third kappa shape index (κ3) is 3.94. The van der Waals surface area contributed by atoms with Gasteiger partial charge in [-0.05, 0) is 30.5 Å². The predicted octanol–water partition coefficient (Wildman–Crippen LogP) is 0.795. The SMILES string of the molecule is COc1cccc(CN(C)S(=O)(=O)N2CCC(N)CC2)c1. The van der Waals surface area contributed by atoms with Crippen LogP contribution in [0.3, 0.4) is 0 Å². The minimum absolute atomic E-state index is 0.111. The van der Waals surface area contributed by atoms with Crippen molar-refractivity contribution < 1.29 is 13.2 Å². The second-order valence-electron chi connectivity index (χ2n) is 5.35. The number of benzene rings is 1. The number of hydrogen-bond acceptors (Lipinski definition) is 4. The lowest BCUT2D eigenvalue weighted by molar-refractivity contribution is 0.295. The van der Waals surface area contributed by atoms with Gasteiger partial charge in [0.2, 0.25) is 0 Å². The van der Waals surface area contributed by atoms with Crippen molar-refractivity contribution in [2.45, 2.75) is 25.4 Å². The van der Waals surface area contributed by atoms with Gasteiger partial charge in [0.05, 0.1) is 7.11 Å². The van der Waals surface area contributed by atoms with Crippen molar-refractivity contribution in [2.75, 3.05) is 27.2 Å². The molecular formula is C14H23N3O3S. The molecule has 0 amide bonds. The topological polar surface area (TPSA) is 75.9 Å². The van der Waals surface area contributed by atoms with Gasteiger partial charge in [-0.1, -0.05) is 12.1 Å². The van der Waals surface area contributed by atoms with Crippen LogP contribution < -0.4 is 10.5 Å². The molecule has 0 aromatic heterocycles. The van der Waals surface area contributed by atoms with E-state index < -0.39 is 10.2 Å². The molecule has 2 N–H and O–H groups in total. The summed E-state index contributed by atoms with van der Waals surface area (Å²) >= 11 is 0. The Balaban J connectivity index is 2.05. The molecule has 1 heterocycles. The largest absolute Gasteiger partial charge is 0.497 e. The van der Waals surface area contributed by atoms with Gasteiger partial charge in [0.15, 0.2) is 0 Å². The first-order valence-corrected chi connectivity index (χ1v) is 8.43. The van der Waals surface area contributed by atoms with Crippen LogP contribution >= 0.6 is 0 Å². The third-order valence-corrected chi connectivity index (χ3v) is 5.69. The molecule has 0 saturated carbocycles. The van der Waals surface area contributed by atoms with E-state index in [9.17, 15) is 8.42 Å². The highest BCUT2D eigenvalue weighted by Crippen LogP contribution is 2.19. The first-order valence-electron chi connectivity index (χ1n) is 7.03. The van der Waals surface area contributed by atoms with Crippen LogP contribution in [0, 0.1) is 0 Å². The summed E-state index contributed by atoms with van der Waals surface area (Å²) in [5, 5.41) is 0. The zero-order chi connectivity index (χ0) is 15.5. The minimum Gasteiger partial charge on any atom is -0.497 e. The number of nitrogens with two attached hydrogens (primary N) is 1. The molecule has 0 spiro atoms. The van der Waals surface area contributed by atoms with E-state index >= 15 is 0 Å². The lowest BCUT2D eigenvalue weighted by Gasteiger charge is -2.32. The van der Waals surface area contributed by atoms with E-state index in [1.54, 1.807) is 14.2 Å². The Hall–Kier alpha value is -1.15. The highest BCUT2D eigenvalue weighted by atomic mass is 32.2. The van der Waals surface area contributed by atoms with Crippen LogP contribution in [0.5, 0.6) is 5.75 Å². The first-order chi connectivity index (χ1) is 9.93. The highest BCUT2D eigenvalue weighted by Gasteiger charge is 2.30. The third-order valence-electron chi connectivity index (χ3n) is 3.76. The van der Waals surface area contributed by atoms with Crippen LogP contribution in [0.1, 0.15) is 18.4 Å². The van der Waals surface area contributed by atoms with Crippen LogP contribution in [-0.2, 0) is 16.8 Å². The van der Waals surface area contributed by atoms with Gasteiger partial charge in [-0.25, -0.2) is 0 Å². The van der Waals surface area contributed by atoms with Gasteiger partial charge in [-0.3, -0.25) is 0 Å². The van der Waals surface area contributed by atoms with E-state index in [1.807, 2.05) is 24.3 Å². The minimum atomic E-state index is -3.43. The fraction of sp³-hybridized carbons (Fsp3) is 0.571. The summed E-state index contributed by atoms with van der Waals surface area (Å²) in [4.78, 5) is 0.